The molecular weight excluding hydrogens is 300 g/mol. The van der Waals surface area contributed by atoms with Crippen molar-refractivity contribution in [3.63, 3.8) is 0 Å². The van der Waals surface area contributed by atoms with Gasteiger partial charge in [0.2, 0.25) is 0 Å². The van der Waals surface area contributed by atoms with E-state index in [4.69, 9.17) is 0 Å². The van der Waals surface area contributed by atoms with Gasteiger partial charge in [0, 0.05) is 42.7 Å². The summed E-state index contributed by atoms with van der Waals surface area (Å²) >= 11 is 5.48. The van der Waals surface area contributed by atoms with Gasteiger partial charge in [0.05, 0.1) is 0 Å². The monoisotopic (exact) mass is 312 g/mol. The van der Waals surface area contributed by atoms with Gasteiger partial charge in [-0.15, -0.1) is 0 Å². The van der Waals surface area contributed by atoms with Crippen LogP contribution >= 0.6 is 27.7 Å². The van der Waals surface area contributed by atoms with Gasteiger partial charge in [-0.3, -0.25) is 0 Å². The number of hydrogen-bond acceptors (Lipinski definition) is 4. The Kier molecular flexibility index (Phi) is 3.00. The standard InChI is InChI=1S/C11H13BrN4S/c1-8-6-16(4-5-17-8)11-10-13-2-3-15(10)7-9(12)14-11/h2-3,7-8H,4-6H2,1H3. The van der Waals surface area contributed by atoms with E-state index in [1.807, 2.05) is 34.8 Å². The molecule has 6 heteroatoms. The Hall–Kier alpha value is -0.750. The van der Waals surface area contributed by atoms with E-state index in [2.05, 4.69) is 37.7 Å². The van der Waals surface area contributed by atoms with Gasteiger partial charge < -0.3 is 9.30 Å². The van der Waals surface area contributed by atoms with E-state index in [9.17, 15) is 0 Å². The average Bonchev–Trinajstić information content (AvgIpc) is 2.75. The Labute approximate surface area is 113 Å². The molecule has 1 aliphatic heterocycles. The lowest BCUT2D eigenvalue weighted by molar-refractivity contribution is 0.768. The number of nitrogens with zero attached hydrogens (tertiary/aromatic N) is 4. The first kappa shape index (κ1) is 11.3. The second-order valence-electron chi connectivity index (χ2n) is 4.17. The third-order valence-corrected chi connectivity index (χ3v) is 4.39. The maximum Gasteiger partial charge on any atom is 0.180 e. The van der Waals surface area contributed by atoms with Crippen LogP contribution in [0.1, 0.15) is 6.92 Å². The largest absolute Gasteiger partial charge is 0.352 e. The van der Waals surface area contributed by atoms with E-state index in [-0.39, 0.29) is 0 Å². The molecule has 0 aliphatic carbocycles. The van der Waals surface area contributed by atoms with Crippen LogP contribution in [0.5, 0.6) is 0 Å². The zero-order valence-electron chi connectivity index (χ0n) is 9.51. The van der Waals surface area contributed by atoms with Crippen LogP contribution in [0, 0.1) is 0 Å². The average molecular weight is 313 g/mol. The fourth-order valence-electron chi connectivity index (χ4n) is 2.11. The number of halogens is 1. The zero-order chi connectivity index (χ0) is 11.8. The SMILES string of the molecule is CC1CN(c2nc(Br)cn3ccnc23)CCS1. The quantitative estimate of drug-likeness (QED) is 0.810. The van der Waals surface area contributed by atoms with Gasteiger partial charge in [0.15, 0.2) is 11.5 Å². The number of imidazole rings is 1. The highest BCUT2D eigenvalue weighted by Crippen LogP contribution is 2.26. The molecule has 0 bridgehead atoms. The maximum absolute atomic E-state index is 4.58. The topological polar surface area (TPSA) is 33.4 Å². The fraction of sp³-hybridized carbons (Fsp3) is 0.455. The second-order valence-corrected chi connectivity index (χ2v) is 6.53. The van der Waals surface area contributed by atoms with Gasteiger partial charge in [0.1, 0.15) is 4.60 Å². The first-order valence-electron chi connectivity index (χ1n) is 5.60. The van der Waals surface area contributed by atoms with Crippen LogP contribution in [0.25, 0.3) is 5.65 Å². The highest BCUT2D eigenvalue weighted by atomic mass is 79.9. The van der Waals surface area contributed by atoms with Crippen LogP contribution in [-0.2, 0) is 0 Å². The van der Waals surface area contributed by atoms with E-state index < -0.39 is 0 Å². The Bertz CT molecular complexity index is 541. The highest BCUT2D eigenvalue weighted by Gasteiger charge is 2.21. The van der Waals surface area contributed by atoms with Crippen molar-refractivity contribution in [2.75, 3.05) is 23.7 Å². The maximum atomic E-state index is 4.58. The molecule has 0 spiro atoms. The molecule has 0 radical (unpaired) electrons. The summed E-state index contributed by atoms with van der Waals surface area (Å²) in [7, 11) is 0. The van der Waals surface area contributed by atoms with Crippen LogP contribution in [-0.4, -0.2) is 38.5 Å². The van der Waals surface area contributed by atoms with Gasteiger partial charge in [-0.05, 0) is 15.9 Å². The van der Waals surface area contributed by atoms with Gasteiger partial charge in [0.25, 0.3) is 0 Å². The predicted molar refractivity (Wildman–Crippen MR) is 74.8 cm³/mol. The van der Waals surface area contributed by atoms with Crippen molar-refractivity contribution in [3.05, 3.63) is 23.2 Å². The van der Waals surface area contributed by atoms with Crippen molar-refractivity contribution in [1.29, 1.82) is 0 Å². The minimum absolute atomic E-state index is 0.652. The van der Waals surface area contributed by atoms with Crippen LogP contribution in [0.2, 0.25) is 0 Å². The van der Waals surface area contributed by atoms with E-state index in [1.54, 1.807) is 0 Å². The second kappa shape index (κ2) is 4.49. The molecule has 4 nitrogen and oxygen atoms in total. The number of thioether (sulfide) groups is 1. The third kappa shape index (κ3) is 2.15. The molecule has 90 valence electrons. The van der Waals surface area contributed by atoms with Crippen LogP contribution in [0.4, 0.5) is 5.82 Å². The Morgan fingerprint density at radius 3 is 3.24 bits per heavy atom. The Morgan fingerprint density at radius 2 is 2.41 bits per heavy atom. The normalized spacial score (nSPS) is 21.1. The van der Waals surface area contributed by atoms with Crippen molar-refractivity contribution < 1.29 is 0 Å². The summed E-state index contributed by atoms with van der Waals surface area (Å²) in [4.78, 5) is 11.3. The molecule has 2 aromatic rings. The molecule has 0 amide bonds. The summed E-state index contributed by atoms with van der Waals surface area (Å²) in [6.07, 6.45) is 5.70. The molecule has 17 heavy (non-hydrogen) atoms. The molecule has 3 heterocycles. The van der Waals surface area contributed by atoms with E-state index in [0.29, 0.717) is 5.25 Å². The van der Waals surface area contributed by atoms with Crippen molar-refractivity contribution >= 4 is 39.2 Å². The summed E-state index contributed by atoms with van der Waals surface area (Å²) in [5, 5.41) is 0.652. The smallest absolute Gasteiger partial charge is 0.180 e. The molecule has 1 aliphatic rings. The highest BCUT2D eigenvalue weighted by molar-refractivity contribution is 9.10. The number of fused-ring (bicyclic) bond motifs is 1. The lowest BCUT2D eigenvalue weighted by atomic mass is 10.3. The lowest BCUT2D eigenvalue weighted by Gasteiger charge is -2.31. The fourth-order valence-corrected chi connectivity index (χ4v) is 3.51. The van der Waals surface area contributed by atoms with Gasteiger partial charge in [-0.1, -0.05) is 6.92 Å². The van der Waals surface area contributed by atoms with E-state index in [0.717, 1.165) is 34.9 Å². The molecular formula is C11H13BrN4S. The van der Waals surface area contributed by atoms with E-state index in [1.165, 1.54) is 0 Å². The minimum Gasteiger partial charge on any atom is -0.352 e. The third-order valence-electron chi connectivity index (χ3n) is 2.87. The van der Waals surface area contributed by atoms with Crippen molar-refractivity contribution in [2.24, 2.45) is 0 Å². The van der Waals surface area contributed by atoms with Crippen LogP contribution in [0.15, 0.2) is 23.2 Å². The zero-order valence-corrected chi connectivity index (χ0v) is 11.9. The number of anilines is 1. The van der Waals surface area contributed by atoms with E-state index >= 15 is 0 Å². The first-order chi connectivity index (χ1) is 8.24. The summed E-state index contributed by atoms with van der Waals surface area (Å²) in [6.45, 7) is 4.34. The molecule has 1 saturated heterocycles. The molecule has 1 fully saturated rings. The Morgan fingerprint density at radius 1 is 1.53 bits per heavy atom. The summed E-state index contributed by atoms with van der Waals surface area (Å²) < 4.78 is 2.86. The minimum atomic E-state index is 0.652. The Balaban J connectivity index is 2.06. The molecule has 3 rings (SSSR count). The first-order valence-corrected chi connectivity index (χ1v) is 7.44. The molecule has 2 aromatic heterocycles. The summed E-state index contributed by atoms with van der Waals surface area (Å²) in [5.41, 5.74) is 0.937. The van der Waals surface area contributed by atoms with Gasteiger partial charge in [-0.2, -0.15) is 11.8 Å². The summed E-state index contributed by atoms with van der Waals surface area (Å²) in [5.74, 6) is 2.14. The predicted octanol–water partition coefficient (Wildman–Crippen LogP) is 2.43. The lowest BCUT2D eigenvalue weighted by Crippen LogP contribution is -2.37. The number of aromatic nitrogens is 3. The molecule has 0 saturated carbocycles. The van der Waals surface area contributed by atoms with Crippen LogP contribution in [0.3, 0.4) is 0 Å². The van der Waals surface area contributed by atoms with Crippen molar-refractivity contribution in [3.8, 4) is 0 Å². The van der Waals surface area contributed by atoms with Gasteiger partial charge >= 0.3 is 0 Å². The number of hydrogen-bond donors (Lipinski definition) is 0. The number of rotatable bonds is 1. The molecule has 1 unspecified atom stereocenters. The van der Waals surface area contributed by atoms with Crippen molar-refractivity contribution in [2.45, 2.75) is 12.2 Å². The molecule has 0 N–H and O–H groups in total. The van der Waals surface area contributed by atoms with Crippen molar-refractivity contribution in [1.82, 2.24) is 14.4 Å². The van der Waals surface area contributed by atoms with Crippen LogP contribution < -0.4 is 4.90 Å². The molecule has 0 aromatic carbocycles. The molecule has 1 atom stereocenters. The summed E-state index contributed by atoms with van der Waals surface area (Å²) in [6, 6.07) is 0. The van der Waals surface area contributed by atoms with Gasteiger partial charge in [-0.25, -0.2) is 9.97 Å².